The number of amides is 3. The fourth-order valence-corrected chi connectivity index (χ4v) is 8.11. The summed E-state index contributed by atoms with van der Waals surface area (Å²) < 4.78 is 0. The summed E-state index contributed by atoms with van der Waals surface area (Å²) in [5, 5.41) is 6.01. The Bertz CT molecular complexity index is 1680. The topological polar surface area (TPSA) is 150 Å². The standard InChI is InChI=1S/C44H63N7O4/c1-5-22-51(23-6-2)44(55)36-26-34-15-16-35(27-38(34)49-40(45)28-36)43(54)48-37-17-18-41(47-29-37)50-24-19-33(20-25-50)42(53)46-21-7-8-39(52)32-13-11-31(12-14-32)10-9-30(3)4/h15-18,26-27,29-33H,5-14,19-25,28H2,1-4H3,(H2,45,49)(H,46,53)(H,48,54). The zero-order valence-corrected chi connectivity index (χ0v) is 33.6. The lowest BCUT2D eigenvalue weighted by atomic mass is 9.77. The minimum atomic E-state index is -0.302. The van der Waals surface area contributed by atoms with Crippen LogP contribution in [0.1, 0.15) is 127 Å². The van der Waals surface area contributed by atoms with Crippen molar-refractivity contribution in [3.8, 4) is 0 Å². The number of pyridine rings is 1. The monoisotopic (exact) mass is 753 g/mol. The number of fused-ring (bicyclic) bond motifs is 1. The summed E-state index contributed by atoms with van der Waals surface area (Å²) >= 11 is 0. The summed E-state index contributed by atoms with van der Waals surface area (Å²) in [6.07, 6.45) is 15.2. The second-order valence-corrected chi connectivity index (χ2v) is 16.2. The van der Waals surface area contributed by atoms with Crippen molar-refractivity contribution in [1.29, 1.82) is 0 Å². The molecule has 2 fully saturated rings. The van der Waals surface area contributed by atoms with Gasteiger partial charge in [0.25, 0.3) is 5.91 Å². The first kappa shape index (κ1) is 41.6. The summed E-state index contributed by atoms with van der Waals surface area (Å²) in [6, 6.07) is 8.94. The number of nitrogens with one attached hydrogen (secondary N) is 2. The zero-order valence-electron chi connectivity index (χ0n) is 33.6. The molecule has 298 valence electrons. The van der Waals surface area contributed by atoms with Gasteiger partial charge in [-0.2, -0.15) is 0 Å². The van der Waals surface area contributed by atoms with Crippen LogP contribution in [-0.4, -0.2) is 71.9 Å². The van der Waals surface area contributed by atoms with E-state index in [2.05, 4.69) is 53.2 Å². The number of aliphatic imine (C=N–C) groups is 1. The number of amidine groups is 1. The van der Waals surface area contributed by atoms with Gasteiger partial charge < -0.3 is 26.2 Å². The second kappa shape index (κ2) is 20.4. The molecule has 1 aromatic carbocycles. The molecule has 4 N–H and O–H groups in total. The Morgan fingerprint density at radius 3 is 2.33 bits per heavy atom. The van der Waals surface area contributed by atoms with Crippen molar-refractivity contribution in [3.63, 3.8) is 0 Å². The smallest absolute Gasteiger partial charge is 0.255 e. The largest absolute Gasteiger partial charge is 0.387 e. The van der Waals surface area contributed by atoms with Crippen molar-refractivity contribution < 1.29 is 19.2 Å². The first-order valence-electron chi connectivity index (χ1n) is 20.8. The van der Waals surface area contributed by atoms with Crippen LogP contribution in [0.2, 0.25) is 0 Å². The number of nitrogens with zero attached hydrogens (tertiary/aromatic N) is 4. The van der Waals surface area contributed by atoms with Gasteiger partial charge in [-0.3, -0.25) is 19.2 Å². The Balaban J connectivity index is 1.04. The molecule has 0 spiro atoms. The highest BCUT2D eigenvalue weighted by atomic mass is 16.2. The van der Waals surface area contributed by atoms with Gasteiger partial charge in [-0.25, -0.2) is 9.98 Å². The zero-order chi connectivity index (χ0) is 39.3. The van der Waals surface area contributed by atoms with Crippen LogP contribution in [0.15, 0.2) is 47.1 Å². The molecule has 1 aliphatic carbocycles. The normalized spacial score (nSPS) is 18.8. The molecule has 11 nitrogen and oxygen atoms in total. The molecule has 11 heteroatoms. The number of piperidine rings is 1. The number of Topliss-reactive ketones (excluding diaryl/α,β-unsaturated/α-hetero) is 1. The van der Waals surface area contributed by atoms with Gasteiger partial charge in [-0.05, 0) is 100.0 Å². The minimum Gasteiger partial charge on any atom is -0.387 e. The van der Waals surface area contributed by atoms with Crippen LogP contribution in [0, 0.1) is 23.7 Å². The molecule has 0 radical (unpaired) electrons. The third-order valence-corrected chi connectivity index (χ3v) is 11.4. The summed E-state index contributed by atoms with van der Waals surface area (Å²) in [6.45, 7) is 12.0. The molecular weight excluding hydrogens is 691 g/mol. The second-order valence-electron chi connectivity index (χ2n) is 16.2. The van der Waals surface area contributed by atoms with Crippen LogP contribution >= 0.6 is 0 Å². The number of hydrogen-bond donors (Lipinski definition) is 3. The van der Waals surface area contributed by atoms with E-state index in [9.17, 15) is 19.2 Å². The maximum atomic E-state index is 13.3. The first-order chi connectivity index (χ1) is 26.5. The molecule has 0 atom stereocenters. The van der Waals surface area contributed by atoms with E-state index in [1.807, 2.05) is 23.1 Å². The van der Waals surface area contributed by atoms with E-state index in [-0.39, 0.29) is 36.0 Å². The molecule has 55 heavy (non-hydrogen) atoms. The van der Waals surface area contributed by atoms with Gasteiger partial charge in [0, 0.05) is 74.1 Å². The lowest BCUT2D eigenvalue weighted by Crippen LogP contribution is -2.41. The van der Waals surface area contributed by atoms with E-state index in [1.165, 1.54) is 25.7 Å². The molecule has 1 aromatic heterocycles. The Morgan fingerprint density at radius 2 is 1.67 bits per heavy atom. The van der Waals surface area contributed by atoms with Gasteiger partial charge in [-0.1, -0.05) is 46.6 Å². The summed E-state index contributed by atoms with van der Waals surface area (Å²) in [5.41, 5.74) is 9.11. The predicted molar refractivity (Wildman–Crippen MR) is 221 cm³/mol. The quantitative estimate of drug-likeness (QED) is 0.140. The molecule has 3 heterocycles. The van der Waals surface area contributed by atoms with Crippen molar-refractivity contribution >= 4 is 52.6 Å². The molecule has 1 saturated carbocycles. The molecule has 5 rings (SSSR count). The number of nitrogens with two attached hydrogens (primary N) is 1. The van der Waals surface area contributed by atoms with E-state index in [1.54, 1.807) is 24.4 Å². The van der Waals surface area contributed by atoms with Crippen LogP contribution in [0.5, 0.6) is 0 Å². The van der Waals surface area contributed by atoms with Crippen molar-refractivity contribution in [2.75, 3.05) is 42.9 Å². The third-order valence-electron chi connectivity index (χ3n) is 11.4. The summed E-state index contributed by atoms with van der Waals surface area (Å²) in [5.74, 6) is 2.94. The molecule has 0 bridgehead atoms. The number of benzene rings is 1. The number of hydrogen-bond acceptors (Lipinski definition) is 8. The summed E-state index contributed by atoms with van der Waals surface area (Å²) in [7, 11) is 0. The first-order valence-corrected chi connectivity index (χ1v) is 20.8. The highest BCUT2D eigenvalue weighted by Crippen LogP contribution is 2.34. The molecular formula is C44H63N7O4. The molecule has 3 amide bonds. The van der Waals surface area contributed by atoms with Gasteiger partial charge in [-0.15, -0.1) is 0 Å². The number of carbonyl (C=O) groups excluding carboxylic acids is 4. The predicted octanol–water partition coefficient (Wildman–Crippen LogP) is 7.68. The fraction of sp³-hybridized carbons (Fsp3) is 0.591. The number of aromatic nitrogens is 1. The Kier molecular flexibility index (Phi) is 15.4. The van der Waals surface area contributed by atoms with Crippen molar-refractivity contribution in [3.05, 3.63) is 53.2 Å². The Hall–Kier alpha value is -4.54. The highest BCUT2D eigenvalue weighted by Gasteiger charge is 2.28. The number of carbonyl (C=O) groups is 4. The van der Waals surface area contributed by atoms with Gasteiger partial charge in [0.15, 0.2) is 0 Å². The third kappa shape index (κ3) is 12.0. The summed E-state index contributed by atoms with van der Waals surface area (Å²) in [4.78, 5) is 65.5. The van der Waals surface area contributed by atoms with Crippen molar-refractivity contribution in [2.24, 2.45) is 34.4 Å². The van der Waals surface area contributed by atoms with E-state index >= 15 is 0 Å². The van der Waals surface area contributed by atoms with E-state index in [0.717, 1.165) is 61.7 Å². The average molecular weight is 754 g/mol. The number of ketones is 1. The van der Waals surface area contributed by atoms with Gasteiger partial charge in [0.2, 0.25) is 11.8 Å². The van der Waals surface area contributed by atoms with E-state index in [4.69, 9.17) is 5.73 Å². The van der Waals surface area contributed by atoms with Gasteiger partial charge >= 0.3 is 0 Å². The maximum absolute atomic E-state index is 13.3. The average Bonchev–Trinajstić information content (AvgIpc) is 3.36. The lowest BCUT2D eigenvalue weighted by Gasteiger charge is -2.32. The molecule has 2 aromatic rings. The fourth-order valence-electron chi connectivity index (χ4n) is 8.11. The maximum Gasteiger partial charge on any atom is 0.255 e. The van der Waals surface area contributed by atoms with Crippen molar-refractivity contribution in [1.82, 2.24) is 15.2 Å². The van der Waals surface area contributed by atoms with Gasteiger partial charge in [0.05, 0.1) is 17.6 Å². The minimum absolute atomic E-state index is 0.0299. The van der Waals surface area contributed by atoms with Crippen LogP contribution in [-0.2, 0) is 14.4 Å². The molecule has 3 aliphatic rings. The van der Waals surface area contributed by atoms with Crippen molar-refractivity contribution in [2.45, 2.75) is 111 Å². The SMILES string of the molecule is CCCN(CCC)C(=O)C1=Cc2ccc(C(=O)Nc3ccc(N4CCC(C(=O)NCCCC(=O)C5CCC(CCC(C)C)CC5)CC4)nc3)cc2N=C(N)C1. The number of rotatable bonds is 17. The van der Waals surface area contributed by atoms with Gasteiger partial charge in [0.1, 0.15) is 17.4 Å². The Labute approximate surface area is 328 Å². The van der Waals surface area contributed by atoms with Crippen LogP contribution in [0.25, 0.3) is 6.08 Å². The van der Waals surface area contributed by atoms with E-state index in [0.29, 0.717) is 79.7 Å². The molecule has 0 unspecified atom stereocenters. The molecule has 2 aliphatic heterocycles. The molecule has 1 saturated heterocycles. The lowest BCUT2D eigenvalue weighted by molar-refractivity contribution is -0.127. The highest BCUT2D eigenvalue weighted by molar-refractivity contribution is 6.08. The van der Waals surface area contributed by atoms with Crippen LogP contribution in [0.4, 0.5) is 17.2 Å². The Morgan fingerprint density at radius 1 is 0.945 bits per heavy atom. The van der Waals surface area contributed by atoms with Crippen LogP contribution in [0.3, 0.4) is 0 Å². The number of anilines is 2. The van der Waals surface area contributed by atoms with Crippen LogP contribution < -0.4 is 21.3 Å². The van der Waals surface area contributed by atoms with E-state index < -0.39 is 0 Å².